The highest BCUT2D eigenvalue weighted by Crippen LogP contribution is 2.26. The van der Waals surface area contributed by atoms with Gasteiger partial charge in [-0.05, 0) is 61.3 Å². The molecular weight excluding hydrogens is 539 g/mol. The van der Waals surface area contributed by atoms with Crippen molar-refractivity contribution in [1.29, 1.82) is 0 Å². The van der Waals surface area contributed by atoms with E-state index in [9.17, 15) is 18.8 Å². The van der Waals surface area contributed by atoms with Crippen LogP contribution in [0.15, 0.2) is 73.1 Å². The van der Waals surface area contributed by atoms with Crippen LogP contribution in [0.25, 0.3) is 11.4 Å². The average molecular weight is 573 g/mol. The van der Waals surface area contributed by atoms with Gasteiger partial charge in [0.15, 0.2) is 0 Å². The summed E-state index contributed by atoms with van der Waals surface area (Å²) in [7, 11) is 1.33. The van der Waals surface area contributed by atoms with Crippen LogP contribution in [0.2, 0.25) is 0 Å². The van der Waals surface area contributed by atoms with E-state index in [4.69, 9.17) is 4.74 Å². The maximum atomic E-state index is 14.0. The molecular formula is C32H33FN4O5. The molecule has 0 aliphatic carbocycles. The maximum Gasteiger partial charge on any atom is 0.319 e. The number of carbonyl (C=O) groups is 3. The Bertz CT molecular complexity index is 1530. The lowest BCUT2D eigenvalue weighted by Crippen LogP contribution is -2.29. The number of pyridine rings is 1. The molecule has 2 aromatic carbocycles. The lowest BCUT2D eigenvalue weighted by Gasteiger charge is -2.08. The van der Waals surface area contributed by atoms with Crippen molar-refractivity contribution in [3.63, 3.8) is 0 Å². The summed E-state index contributed by atoms with van der Waals surface area (Å²) in [5, 5.41) is 5.79. The third-order valence-electron chi connectivity index (χ3n) is 6.41. The van der Waals surface area contributed by atoms with Crippen LogP contribution in [0.3, 0.4) is 0 Å². The molecule has 2 heterocycles. The van der Waals surface area contributed by atoms with Gasteiger partial charge in [0.25, 0.3) is 5.91 Å². The number of amides is 1. The number of halogens is 1. The zero-order valence-corrected chi connectivity index (χ0v) is 23.5. The van der Waals surface area contributed by atoms with Crippen LogP contribution in [0, 0.1) is 12.7 Å². The molecule has 10 heteroatoms. The molecule has 0 atom stereocenters. The normalized spacial score (nSPS) is 10.7. The van der Waals surface area contributed by atoms with E-state index in [1.165, 1.54) is 13.2 Å². The Morgan fingerprint density at radius 1 is 0.952 bits per heavy atom. The van der Waals surface area contributed by atoms with E-state index < -0.39 is 0 Å². The molecule has 4 aromatic rings. The van der Waals surface area contributed by atoms with Crippen LogP contribution in [0.4, 0.5) is 4.39 Å². The van der Waals surface area contributed by atoms with Crippen molar-refractivity contribution >= 4 is 17.7 Å². The highest BCUT2D eigenvalue weighted by atomic mass is 19.1. The molecule has 0 saturated carbocycles. The fraction of sp³-hybridized carbons (Fsp3) is 0.250. The lowest BCUT2D eigenvalue weighted by molar-refractivity contribution is -0.139. The largest absolute Gasteiger partial charge is 0.468 e. The Hall–Kier alpha value is -4.83. The molecule has 4 rings (SSSR count). The molecule has 0 unspecified atom stereocenters. The number of rotatable bonds is 14. The van der Waals surface area contributed by atoms with Gasteiger partial charge in [-0.15, -0.1) is 0 Å². The number of benzene rings is 2. The highest BCUT2D eigenvalue weighted by Gasteiger charge is 2.12. The number of methoxy groups -OCH3 is 1. The second-order valence-electron chi connectivity index (χ2n) is 9.77. The number of nitrogens with zero attached hydrogens (tertiary/aromatic N) is 1. The predicted molar refractivity (Wildman–Crippen MR) is 156 cm³/mol. The second-order valence-corrected chi connectivity index (χ2v) is 9.77. The third kappa shape index (κ3) is 8.84. The number of hydrogen-bond acceptors (Lipinski definition) is 7. The number of nitrogens with one attached hydrogen (secondary N) is 3. The highest BCUT2D eigenvalue weighted by molar-refractivity contribution is 5.95. The Labute approximate surface area is 243 Å². The topological polar surface area (TPSA) is 122 Å². The van der Waals surface area contributed by atoms with Crippen LogP contribution in [-0.4, -0.2) is 54.4 Å². The van der Waals surface area contributed by atoms with Crippen LogP contribution >= 0.6 is 0 Å². The molecule has 218 valence electrons. The van der Waals surface area contributed by atoms with Gasteiger partial charge in [0.1, 0.15) is 23.1 Å². The number of hydrogen-bond donors (Lipinski definition) is 3. The summed E-state index contributed by atoms with van der Waals surface area (Å²) in [6.07, 6.45) is 4.13. The molecule has 0 fully saturated rings. The molecule has 0 aliphatic rings. The first kappa shape index (κ1) is 30.1. The number of ketones is 1. The Kier molecular flexibility index (Phi) is 10.5. The first-order valence-electron chi connectivity index (χ1n) is 13.5. The van der Waals surface area contributed by atoms with E-state index in [0.717, 1.165) is 11.1 Å². The first-order valence-corrected chi connectivity index (χ1v) is 13.5. The van der Waals surface area contributed by atoms with Crippen molar-refractivity contribution in [2.45, 2.75) is 26.2 Å². The molecule has 0 saturated heterocycles. The van der Waals surface area contributed by atoms with Gasteiger partial charge in [-0.3, -0.25) is 19.4 Å². The SMILES string of the molecule is COC(=O)CNCCCNC(=O)c1c[nH]c(-c2cc(Oc3ccc(CC(=O)Cc4cc(C)ccc4F)cc3)ccn2)c1. The van der Waals surface area contributed by atoms with Gasteiger partial charge in [-0.2, -0.15) is 0 Å². The molecule has 0 radical (unpaired) electrons. The molecule has 0 spiro atoms. The number of aryl methyl sites for hydroxylation is 1. The van der Waals surface area contributed by atoms with Gasteiger partial charge in [0, 0.05) is 37.8 Å². The number of aromatic amines is 1. The van der Waals surface area contributed by atoms with Crippen LogP contribution in [0.5, 0.6) is 11.5 Å². The number of aromatic nitrogens is 2. The van der Waals surface area contributed by atoms with E-state index in [0.29, 0.717) is 53.5 Å². The standard InChI is InChI=1S/C32H33FN4O5/c1-21-4-9-28(33)23(14-21)16-25(38)15-22-5-7-26(8-6-22)42-27-10-13-35-30(18-27)29-17-24(19-37-29)32(40)36-12-3-11-34-20-31(39)41-2/h4-10,13-14,17-19,34,37H,3,11-12,15-16,20H2,1-2H3,(H,36,40). The van der Waals surface area contributed by atoms with E-state index in [-0.39, 0.29) is 42.9 Å². The number of H-pyrrole nitrogens is 1. The molecule has 9 nitrogen and oxygen atoms in total. The minimum atomic E-state index is -0.369. The monoisotopic (exact) mass is 572 g/mol. The van der Waals surface area contributed by atoms with Gasteiger partial charge in [-0.25, -0.2) is 4.39 Å². The molecule has 42 heavy (non-hydrogen) atoms. The minimum absolute atomic E-state index is 0.0453. The Balaban J connectivity index is 1.28. The Morgan fingerprint density at radius 3 is 2.55 bits per heavy atom. The predicted octanol–water partition coefficient (Wildman–Crippen LogP) is 4.55. The smallest absolute Gasteiger partial charge is 0.319 e. The maximum absolute atomic E-state index is 14.0. The van der Waals surface area contributed by atoms with E-state index in [1.54, 1.807) is 54.9 Å². The third-order valence-corrected chi connectivity index (χ3v) is 6.41. The van der Waals surface area contributed by atoms with Gasteiger partial charge >= 0.3 is 5.97 Å². The quantitative estimate of drug-likeness (QED) is 0.150. The molecule has 3 N–H and O–H groups in total. The molecule has 2 aromatic heterocycles. The number of carbonyl (C=O) groups excluding carboxylic acids is 3. The number of esters is 1. The zero-order valence-electron chi connectivity index (χ0n) is 23.5. The average Bonchev–Trinajstić information content (AvgIpc) is 3.48. The summed E-state index contributed by atoms with van der Waals surface area (Å²) in [6, 6.07) is 17.1. The van der Waals surface area contributed by atoms with Gasteiger partial charge in [-0.1, -0.05) is 29.8 Å². The van der Waals surface area contributed by atoms with E-state index in [2.05, 4.69) is 25.3 Å². The molecule has 0 aliphatic heterocycles. The Morgan fingerprint density at radius 2 is 1.76 bits per heavy atom. The van der Waals surface area contributed by atoms with E-state index >= 15 is 0 Å². The van der Waals surface area contributed by atoms with Crippen LogP contribution in [0.1, 0.15) is 33.5 Å². The van der Waals surface area contributed by atoms with Crippen molar-refractivity contribution in [2.75, 3.05) is 26.7 Å². The minimum Gasteiger partial charge on any atom is -0.468 e. The van der Waals surface area contributed by atoms with Crippen molar-refractivity contribution in [1.82, 2.24) is 20.6 Å². The summed E-state index contributed by atoms with van der Waals surface area (Å²) in [4.78, 5) is 43.5. The van der Waals surface area contributed by atoms with Crippen molar-refractivity contribution in [2.24, 2.45) is 0 Å². The van der Waals surface area contributed by atoms with Crippen LogP contribution < -0.4 is 15.4 Å². The number of Topliss-reactive ketones (excluding diaryl/α,β-unsaturated/α-hetero) is 1. The molecule has 1 amide bonds. The fourth-order valence-corrected chi connectivity index (χ4v) is 4.23. The van der Waals surface area contributed by atoms with Gasteiger partial charge in [0.05, 0.1) is 30.6 Å². The lowest BCUT2D eigenvalue weighted by atomic mass is 10.0. The summed E-state index contributed by atoms with van der Waals surface area (Å²) in [5.41, 5.74) is 3.86. The summed E-state index contributed by atoms with van der Waals surface area (Å²) in [5.74, 6) is 0.141. The summed E-state index contributed by atoms with van der Waals surface area (Å²) >= 11 is 0. The number of ether oxygens (including phenoxy) is 2. The zero-order chi connectivity index (χ0) is 29.9. The van der Waals surface area contributed by atoms with Gasteiger partial charge in [0.2, 0.25) is 0 Å². The van der Waals surface area contributed by atoms with Crippen molar-refractivity contribution < 1.29 is 28.2 Å². The van der Waals surface area contributed by atoms with Crippen molar-refractivity contribution in [3.05, 3.63) is 101 Å². The first-order chi connectivity index (χ1) is 20.3. The van der Waals surface area contributed by atoms with Crippen molar-refractivity contribution in [3.8, 4) is 22.9 Å². The summed E-state index contributed by atoms with van der Waals surface area (Å²) < 4.78 is 24.5. The molecule has 0 bridgehead atoms. The summed E-state index contributed by atoms with van der Waals surface area (Å²) in [6.45, 7) is 3.02. The van der Waals surface area contributed by atoms with Crippen LogP contribution in [-0.2, 0) is 27.2 Å². The fourth-order valence-electron chi connectivity index (χ4n) is 4.23. The second kappa shape index (κ2) is 14.7. The van der Waals surface area contributed by atoms with Gasteiger partial charge < -0.3 is 25.1 Å². The van der Waals surface area contributed by atoms with E-state index in [1.807, 2.05) is 19.1 Å².